The molecule has 2 atom stereocenters. The highest BCUT2D eigenvalue weighted by Crippen LogP contribution is 2.12. The molecule has 0 saturated carbocycles. The smallest absolute Gasteiger partial charge is 0.312 e. The second-order valence-electron chi connectivity index (χ2n) is 8.08. The number of carbonyl (C=O) groups is 3. The van der Waals surface area contributed by atoms with Crippen molar-refractivity contribution in [3.63, 3.8) is 0 Å². The SMILES string of the molecule is CCc1ccc(NC(=O)[C@H](CCCNC(N)=O)NC(=O)[C@@H](NC(C)C)C(C)C)cc1. The van der Waals surface area contributed by atoms with E-state index in [1.807, 2.05) is 52.0 Å². The number of aryl methyl sites for hydroxylation is 1. The summed E-state index contributed by atoms with van der Waals surface area (Å²) in [7, 11) is 0. The molecular formula is C22H37N5O3. The first-order chi connectivity index (χ1) is 14.1. The van der Waals surface area contributed by atoms with E-state index in [0.29, 0.717) is 25.1 Å². The average molecular weight is 420 g/mol. The number of nitrogens with two attached hydrogens (primary N) is 1. The molecule has 0 radical (unpaired) electrons. The molecule has 0 aliphatic carbocycles. The lowest BCUT2D eigenvalue weighted by Crippen LogP contribution is -2.54. The highest BCUT2D eigenvalue weighted by Gasteiger charge is 2.27. The molecule has 168 valence electrons. The molecule has 0 saturated heterocycles. The van der Waals surface area contributed by atoms with Gasteiger partial charge in [0.05, 0.1) is 6.04 Å². The van der Waals surface area contributed by atoms with Gasteiger partial charge >= 0.3 is 6.03 Å². The second-order valence-corrected chi connectivity index (χ2v) is 8.08. The highest BCUT2D eigenvalue weighted by molar-refractivity contribution is 5.97. The fourth-order valence-corrected chi connectivity index (χ4v) is 3.03. The molecular weight excluding hydrogens is 382 g/mol. The van der Waals surface area contributed by atoms with Crippen molar-refractivity contribution in [3.05, 3.63) is 29.8 Å². The van der Waals surface area contributed by atoms with Gasteiger partial charge in [-0.15, -0.1) is 0 Å². The third-order valence-corrected chi connectivity index (χ3v) is 4.69. The average Bonchev–Trinajstić information content (AvgIpc) is 2.68. The van der Waals surface area contributed by atoms with E-state index in [2.05, 4.69) is 28.2 Å². The van der Waals surface area contributed by atoms with Gasteiger partial charge < -0.3 is 27.0 Å². The highest BCUT2D eigenvalue weighted by atomic mass is 16.2. The molecule has 0 aromatic heterocycles. The summed E-state index contributed by atoms with van der Waals surface area (Å²) in [6.45, 7) is 10.3. The van der Waals surface area contributed by atoms with Crippen LogP contribution in [0.4, 0.5) is 10.5 Å². The zero-order chi connectivity index (χ0) is 22.7. The van der Waals surface area contributed by atoms with Crippen LogP contribution < -0.4 is 27.0 Å². The molecule has 0 unspecified atom stereocenters. The minimum Gasteiger partial charge on any atom is -0.352 e. The van der Waals surface area contributed by atoms with Crippen LogP contribution in [0.3, 0.4) is 0 Å². The van der Waals surface area contributed by atoms with Gasteiger partial charge in [0.2, 0.25) is 11.8 Å². The largest absolute Gasteiger partial charge is 0.352 e. The first-order valence-corrected chi connectivity index (χ1v) is 10.6. The normalized spacial score (nSPS) is 13.0. The molecule has 6 N–H and O–H groups in total. The second kappa shape index (κ2) is 12.8. The molecule has 1 aromatic rings. The lowest BCUT2D eigenvalue weighted by Gasteiger charge is -2.27. The summed E-state index contributed by atoms with van der Waals surface area (Å²) in [4.78, 5) is 36.6. The van der Waals surface area contributed by atoms with Crippen LogP contribution in [-0.4, -0.2) is 42.5 Å². The number of carbonyl (C=O) groups excluding carboxylic acids is 3. The molecule has 30 heavy (non-hydrogen) atoms. The number of amides is 4. The Bertz CT molecular complexity index is 689. The first kappa shape index (κ1) is 25.4. The Morgan fingerprint density at radius 3 is 2.13 bits per heavy atom. The number of rotatable bonds is 12. The first-order valence-electron chi connectivity index (χ1n) is 10.6. The summed E-state index contributed by atoms with van der Waals surface area (Å²) in [6.07, 6.45) is 1.79. The van der Waals surface area contributed by atoms with Crippen LogP contribution in [0.15, 0.2) is 24.3 Å². The Labute approximate surface area is 179 Å². The van der Waals surface area contributed by atoms with E-state index in [4.69, 9.17) is 5.73 Å². The fourth-order valence-electron chi connectivity index (χ4n) is 3.03. The molecule has 0 heterocycles. The third-order valence-electron chi connectivity index (χ3n) is 4.69. The Kier molecular flexibility index (Phi) is 10.9. The predicted octanol–water partition coefficient (Wildman–Crippen LogP) is 2.14. The van der Waals surface area contributed by atoms with Crippen LogP contribution in [0, 0.1) is 5.92 Å². The monoisotopic (exact) mass is 419 g/mol. The summed E-state index contributed by atoms with van der Waals surface area (Å²) in [5.41, 5.74) is 6.94. The van der Waals surface area contributed by atoms with E-state index in [1.165, 1.54) is 5.56 Å². The maximum atomic E-state index is 12.9. The van der Waals surface area contributed by atoms with E-state index in [-0.39, 0.29) is 23.8 Å². The zero-order valence-electron chi connectivity index (χ0n) is 18.7. The Morgan fingerprint density at radius 2 is 1.63 bits per heavy atom. The fraction of sp³-hybridized carbons (Fsp3) is 0.591. The van der Waals surface area contributed by atoms with Crippen LogP contribution in [0.5, 0.6) is 0 Å². The molecule has 1 aromatic carbocycles. The summed E-state index contributed by atoms with van der Waals surface area (Å²) in [5, 5.41) is 11.5. The van der Waals surface area contributed by atoms with Gasteiger partial charge in [-0.3, -0.25) is 9.59 Å². The lowest BCUT2D eigenvalue weighted by molar-refractivity contribution is -0.129. The molecule has 8 nitrogen and oxygen atoms in total. The van der Waals surface area contributed by atoms with Gasteiger partial charge in [0.15, 0.2) is 0 Å². The van der Waals surface area contributed by atoms with E-state index in [0.717, 1.165) is 6.42 Å². The number of hydrogen-bond acceptors (Lipinski definition) is 4. The number of primary amides is 1. The zero-order valence-corrected chi connectivity index (χ0v) is 18.7. The van der Waals surface area contributed by atoms with Crippen LogP contribution in [0.25, 0.3) is 0 Å². The van der Waals surface area contributed by atoms with Crippen molar-refractivity contribution in [1.82, 2.24) is 16.0 Å². The van der Waals surface area contributed by atoms with Crippen molar-refractivity contribution < 1.29 is 14.4 Å². The number of nitrogens with one attached hydrogen (secondary N) is 4. The summed E-state index contributed by atoms with van der Waals surface area (Å²) in [5.74, 6) is -0.448. The summed E-state index contributed by atoms with van der Waals surface area (Å²) in [6, 6.07) is 6.00. The van der Waals surface area contributed by atoms with Crippen LogP contribution >= 0.6 is 0 Å². The quantitative estimate of drug-likeness (QED) is 0.333. The van der Waals surface area contributed by atoms with Crippen LogP contribution in [-0.2, 0) is 16.0 Å². The predicted molar refractivity (Wildman–Crippen MR) is 120 cm³/mol. The lowest BCUT2D eigenvalue weighted by atomic mass is 10.0. The molecule has 0 aliphatic rings. The third kappa shape index (κ3) is 9.26. The molecule has 0 spiro atoms. The van der Waals surface area contributed by atoms with Gasteiger partial charge in [-0.2, -0.15) is 0 Å². The van der Waals surface area contributed by atoms with Crippen molar-refractivity contribution in [2.75, 3.05) is 11.9 Å². The van der Waals surface area contributed by atoms with E-state index in [1.54, 1.807) is 0 Å². The van der Waals surface area contributed by atoms with Crippen molar-refractivity contribution >= 4 is 23.5 Å². The summed E-state index contributed by atoms with van der Waals surface area (Å²) >= 11 is 0. The van der Waals surface area contributed by atoms with Gasteiger partial charge in [0, 0.05) is 18.3 Å². The van der Waals surface area contributed by atoms with Crippen molar-refractivity contribution in [2.24, 2.45) is 11.7 Å². The van der Waals surface area contributed by atoms with Crippen molar-refractivity contribution in [2.45, 2.75) is 72.0 Å². The Hall–Kier alpha value is -2.61. The van der Waals surface area contributed by atoms with E-state index >= 15 is 0 Å². The van der Waals surface area contributed by atoms with Gasteiger partial charge in [0.1, 0.15) is 6.04 Å². The number of anilines is 1. The number of benzene rings is 1. The Balaban J connectivity index is 2.86. The van der Waals surface area contributed by atoms with Gasteiger partial charge in [-0.25, -0.2) is 4.79 Å². The summed E-state index contributed by atoms with van der Waals surface area (Å²) < 4.78 is 0. The molecule has 4 amide bonds. The van der Waals surface area contributed by atoms with Crippen molar-refractivity contribution in [1.29, 1.82) is 0 Å². The van der Waals surface area contributed by atoms with E-state index < -0.39 is 18.1 Å². The number of urea groups is 1. The van der Waals surface area contributed by atoms with Gasteiger partial charge in [0.25, 0.3) is 0 Å². The minimum absolute atomic E-state index is 0.0641. The molecule has 0 fully saturated rings. The molecule has 0 aliphatic heterocycles. The van der Waals surface area contributed by atoms with Crippen molar-refractivity contribution in [3.8, 4) is 0 Å². The van der Waals surface area contributed by atoms with Gasteiger partial charge in [-0.05, 0) is 42.9 Å². The number of hydrogen-bond donors (Lipinski definition) is 5. The molecule has 1 rings (SSSR count). The van der Waals surface area contributed by atoms with Gasteiger partial charge in [-0.1, -0.05) is 46.8 Å². The molecule has 0 bridgehead atoms. The topological polar surface area (TPSA) is 125 Å². The molecule has 8 heteroatoms. The Morgan fingerprint density at radius 1 is 1.00 bits per heavy atom. The maximum absolute atomic E-state index is 12.9. The minimum atomic E-state index is -0.728. The standard InChI is InChI=1S/C22H37N5O3/c1-6-16-9-11-17(12-10-16)26-20(28)18(8-7-13-24-22(23)30)27-21(29)19(14(2)3)25-15(4)5/h9-12,14-15,18-19,25H,6-8,13H2,1-5H3,(H,26,28)(H,27,29)(H3,23,24,30)/t18-,19-/m0/s1. The van der Waals surface area contributed by atoms with Crippen LogP contribution in [0.2, 0.25) is 0 Å². The maximum Gasteiger partial charge on any atom is 0.312 e. The van der Waals surface area contributed by atoms with Crippen LogP contribution in [0.1, 0.15) is 53.0 Å². The van der Waals surface area contributed by atoms with E-state index in [9.17, 15) is 14.4 Å².